The number of rotatable bonds is 4. The average molecular weight is 297 g/mol. The van der Waals surface area contributed by atoms with Gasteiger partial charge in [-0.15, -0.1) is 0 Å². The minimum absolute atomic E-state index is 0.513. The molecule has 2 rings (SSSR count). The van der Waals surface area contributed by atoms with Gasteiger partial charge in [0, 0.05) is 22.2 Å². The Balaban J connectivity index is 1.92. The molecule has 1 aliphatic heterocycles. The van der Waals surface area contributed by atoms with E-state index in [0.717, 1.165) is 4.47 Å². The summed E-state index contributed by atoms with van der Waals surface area (Å²) in [7, 11) is 0. The van der Waals surface area contributed by atoms with Gasteiger partial charge in [0.1, 0.15) is 0 Å². The molecule has 0 saturated carbocycles. The molecule has 2 atom stereocenters. The molecule has 0 aromatic heterocycles. The molecule has 1 fully saturated rings. The van der Waals surface area contributed by atoms with Crippen molar-refractivity contribution in [1.82, 2.24) is 5.32 Å². The molecule has 0 spiro atoms. The first kappa shape index (κ1) is 12.9. The summed E-state index contributed by atoms with van der Waals surface area (Å²) in [5, 5.41) is 7.16. The van der Waals surface area contributed by atoms with E-state index in [1.54, 1.807) is 0 Å². The highest BCUT2D eigenvalue weighted by molar-refractivity contribution is 9.10. The summed E-state index contributed by atoms with van der Waals surface area (Å²) in [6, 6.07) is 7.61. The van der Waals surface area contributed by atoms with Crippen molar-refractivity contribution in [3.63, 3.8) is 0 Å². The van der Waals surface area contributed by atoms with Crippen molar-refractivity contribution >= 4 is 21.6 Å². The van der Waals surface area contributed by atoms with Gasteiger partial charge >= 0.3 is 0 Å². The van der Waals surface area contributed by atoms with Crippen LogP contribution in [0.3, 0.4) is 0 Å². The van der Waals surface area contributed by atoms with Crippen LogP contribution in [0.25, 0.3) is 0 Å². The van der Waals surface area contributed by atoms with E-state index in [4.69, 9.17) is 0 Å². The van der Waals surface area contributed by atoms with Crippen molar-refractivity contribution < 1.29 is 0 Å². The van der Waals surface area contributed by atoms with Crippen molar-refractivity contribution in [3.8, 4) is 0 Å². The summed E-state index contributed by atoms with van der Waals surface area (Å²) < 4.78 is 1.14. The Labute approximate surface area is 112 Å². The van der Waals surface area contributed by atoms with Crippen LogP contribution in [-0.2, 0) is 0 Å². The summed E-state index contributed by atoms with van der Waals surface area (Å²) in [5.74, 6) is 0. The Hall–Kier alpha value is -0.540. The van der Waals surface area contributed by atoms with E-state index in [2.05, 4.69) is 58.6 Å². The van der Waals surface area contributed by atoms with Gasteiger partial charge in [-0.25, -0.2) is 0 Å². The van der Waals surface area contributed by atoms with Gasteiger partial charge in [0.25, 0.3) is 0 Å². The quantitative estimate of drug-likeness (QED) is 0.885. The van der Waals surface area contributed by atoms with Gasteiger partial charge in [-0.2, -0.15) is 0 Å². The number of halogens is 1. The zero-order valence-electron chi connectivity index (χ0n) is 10.6. The lowest BCUT2D eigenvalue weighted by Crippen LogP contribution is -2.29. The molecule has 0 bridgehead atoms. The van der Waals surface area contributed by atoms with E-state index in [0.29, 0.717) is 12.1 Å². The van der Waals surface area contributed by atoms with Crippen molar-refractivity contribution in [3.05, 3.63) is 28.2 Å². The Bertz CT molecular complexity index is 372. The van der Waals surface area contributed by atoms with E-state index in [1.807, 2.05) is 0 Å². The average Bonchev–Trinajstić information content (AvgIpc) is 2.76. The van der Waals surface area contributed by atoms with Crippen LogP contribution in [0.5, 0.6) is 0 Å². The van der Waals surface area contributed by atoms with Crippen LogP contribution < -0.4 is 10.6 Å². The second-order valence-electron chi connectivity index (χ2n) is 5.03. The number of aryl methyl sites for hydroxylation is 1. The number of nitrogens with one attached hydrogen (secondary N) is 2. The maximum Gasteiger partial charge on any atom is 0.0383 e. The highest BCUT2D eigenvalue weighted by atomic mass is 79.9. The molecule has 1 aliphatic rings. The van der Waals surface area contributed by atoms with Crippen LogP contribution >= 0.6 is 15.9 Å². The third kappa shape index (κ3) is 3.71. The number of hydrogen-bond acceptors (Lipinski definition) is 2. The number of benzene rings is 1. The third-order valence-electron chi connectivity index (χ3n) is 3.40. The van der Waals surface area contributed by atoms with Crippen molar-refractivity contribution in [2.24, 2.45) is 0 Å². The van der Waals surface area contributed by atoms with E-state index in [1.165, 1.54) is 37.1 Å². The lowest BCUT2D eigenvalue weighted by Gasteiger charge is -2.20. The molecule has 0 aliphatic carbocycles. The van der Waals surface area contributed by atoms with E-state index in [-0.39, 0.29) is 0 Å². The lowest BCUT2D eigenvalue weighted by atomic mass is 10.1. The zero-order chi connectivity index (χ0) is 12.3. The van der Waals surface area contributed by atoms with Gasteiger partial charge in [0.15, 0.2) is 0 Å². The second kappa shape index (κ2) is 5.87. The molecule has 17 heavy (non-hydrogen) atoms. The Kier molecular flexibility index (Phi) is 4.46. The Morgan fingerprint density at radius 2 is 2.35 bits per heavy atom. The summed E-state index contributed by atoms with van der Waals surface area (Å²) in [6.07, 6.45) is 3.85. The van der Waals surface area contributed by atoms with E-state index < -0.39 is 0 Å². The molecule has 1 aromatic rings. The highest BCUT2D eigenvalue weighted by Crippen LogP contribution is 2.22. The molecule has 1 heterocycles. The Morgan fingerprint density at radius 3 is 3.06 bits per heavy atom. The maximum absolute atomic E-state index is 3.61. The van der Waals surface area contributed by atoms with Crippen LogP contribution in [0.2, 0.25) is 0 Å². The predicted molar refractivity (Wildman–Crippen MR) is 77.6 cm³/mol. The molecule has 3 heteroatoms. The maximum atomic E-state index is 3.61. The monoisotopic (exact) mass is 296 g/mol. The fourth-order valence-corrected chi connectivity index (χ4v) is 2.82. The molecule has 0 amide bonds. The molecule has 2 N–H and O–H groups in total. The van der Waals surface area contributed by atoms with Gasteiger partial charge in [0.2, 0.25) is 0 Å². The molecule has 94 valence electrons. The highest BCUT2D eigenvalue weighted by Gasteiger charge is 2.17. The predicted octanol–water partition coefficient (Wildman–Crippen LogP) is 3.70. The number of hydrogen-bond donors (Lipinski definition) is 2. The molecular formula is C14H21BrN2. The number of anilines is 1. The minimum Gasteiger partial charge on any atom is -0.382 e. The van der Waals surface area contributed by atoms with Gasteiger partial charge < -0.3 is 10.6 Å². The molecule has 2 unspecified atom stereocenters. The molecule has 0 radical (unpaired) electrons. The van der Waals surface area contributed by atoms with Crippen molar-refractivity contribution in [2.45, 2.75) is 45.2 Å². The second-order valence-corrected chi connectivity index (χ2v) is 5.95. The van der Waals surface area contributed by atoms with Gasteiger partial charge in [-0.05, 0) is 57.4 Å². The first-order chi connectivity index (χ1) is 8.15. The topological polar surface area (TPSA) is 24.1 Å². The normalized spacial score (nSPS) is 21.5. The van der Waals surface area contributed by atoms with E-state index in [9.17, 15) is 0 Å². The standard InChI is InChI=1S/C14H21BrN2/c1-10-5-6-12(15)9-14(10)17-11(2)8-13-4-3-7-16-13/h5-6,9,11,13,16-17H,3-4,7-8H2,1-2H3. The lowest BCUT2D eigenvalue weighted by molar-refractivity contribution is 0.523. The summed E-state index contributed by atoms with van der Waals surface area (Å²) in [6.45, 7) is 5.60. The summed E-state index contributed by atoms with van der Waals surface area (Å²) in [4.78, 5) is 0. The fraction of sp³-hybridized carbons (Fsp3) is 0.571. The third-order valence-corrected chi connectivity index (χ3v) is 3.90. The van der Waals surface area contributed by atoms with Crippen molar-refractivity contribution in [1.29, 1.82) is 0 Å². The smallest absolute Gasteiger partial charge is 0.0383 e. The largest absolute Gasteiger partial charge is 0.382 e. The summed E-state index contributed by atoms with van der Waals surface area (Å²) >= 11 is 3.52. The zero-order valence-corrected chi connectivity index (χ0v) is 12.2. The minimum atomic E-state index is 0.513. The fourth-order valence-electron chi connectivity index (χ4n) is 2.46. The van der Waals surface area contributed by atoms with Crippen LogP contribution in [0, 0.1) is 6.92 Å². The van der Waals surface area contributed by atoms with Crippen LogP contribution in [0.15, 0.2) is 22.7 Å². The summed E-state index contributed by atoms with van der Waals surface area (Å²) in [5.41, 5.74) is 2.55. The first-order valence-electron chi connectivity index (χ1n) is 6.41. The Morgan fingerprint density at radius 1 is 1.53 bits per heavy atom. The SMILES string of the molecule is Cc1ccc(Br)cc1NC(C)CC1CCCN1. The van der Waals surface area contributed by atoms with Crippen LogP contribution in [0.1, 0.15) is 31.7 Å². The molecule has 1 saturated heterocycles. The molecule has 1 aromatic carbocycles. The van der Waals surface area contributed by atoms with Crippen LogP contribution in [0.4, 0.5) is 5.69 Å². The van der Waals surface area contributed by atoms with Crippen molar-refractivity contribution in [2.75, 3.05) is 11.9 Å². The van der Waals surface area contributed by atoms with Crippen LogP contribution in [-0.4, -0.2) is 18.6 Å². The van der Waals surface area contributed by atoms with E-state index >= 15 is 0 Å². The molecule has 2 nitrogen and oxygen atoms in total. The van der Waals surface area contributed by atoms with Gasteiger partial charge in [0.05, 0.1) is 0 Å². The molecular weight excluding hydrogens is 276 g/mol. The first-order valence-corrected chi connectivity index (χ1v) is 7.20. The van der Waals surface area contributed by atoms with Gasteiger partial charge in [-0.1, -0.05) is 22.0 Å². The van der Waals surface area contributed by atoms with Gasteiger partial charge in [-0.3, -0.25) is 0 Å².